The molecule has 5 heteroatoms. The molecule has 0 aliphatic rings. The van der Waals surface area contributed by atoms with E-state index in [4.69, 9.17) is 15.0 Å². The minimum Gasteiger partial charge on any atom is -0.308 e. The van der Waals surface area contributed by atoms with Gasteiger partial charge in [0, 0.05) is 37.9 Å². The Labute approximate surface area is 257 Å². The fourth-order valence-corrected chi connectivity index (χ4v) is 7.52. The van der Waals surface area contributed by atoms with E-state index in [2.05, 4.69) is 89.5 Å². The van der Waals surface area contributed by atoms with Crippen molar-refractivity contribution in [2.24, 2.45) is 0 Å². The Balaban J connectivity index is 1.33. The molecule has 0 aliphatic carbocycles. The molecule has 0 amide bonds. The molecule has 0 unspecified atom stereocenters. The summed E-state index contributed by atoms with van der Waals surface area (Å²) in [7, 11) is 0. The number of fused-ring (bicyclic) bond motifs is 7. The monoisotopic (exact) mass is 580 g/mol. The van der Waals surface area contributed by atoms with Gasteiger partial charge in [-0.15, -0.1) is 11.3 Å². The van der Waals surface area contributed by atoms with Crippen LogP contribution in [0.25, 0.3) is 81.8 Å². The quantitative estimate of drug-likeness (QED) is 0.208. The van der Waals surface area contributed by atoms with Gasteiger partial charge in [0.05, 0.1) is 15.7 Å². The van der Waals surface area contributed by atoms with E-state index in [1.165, 1.54) is 36.5 Å². The number of aromatic nitrogens is 4. The molecule has 0 bridgehead atoms. The lowest BCUT2D eigenvalue weighted by molar-refractivity contribution is 1.07. The largest absolute Gasteiger partial charge is 0.308 e. The first kappa shape index (κ1) is 24.9. The smallest absolute Gasteiger partial charge is 0.164 e. The van der Waals surface area contributed by atoms with E-state index in [1.54, 1.807) is 0 Å². The third-order valence-electron chi connectivity index (χ3n) is 8.23. The van der Waals surface area contributed by atoms with Crippen molar-refractivity contribution in [3.8, 4) is 39.9 Å². The molecule has 0 radical (unpaired) electrons. The Hall–Kier alpha value is -5.65. The molecule has 3 aromatic heterocycles. The SMILES string of the molecule is c1ccc(-c2nc(-c3ccccc3)nc(-c3ccc4c5sc6c7ccccc7ccc6c5n(-c5ccccc5)c4c3)n2)cc1. The molecular formula is C39H24N4S. The van der Waals surface area contributed by atoms with E-state index < -0.39 is 0 Å². The van der Waals surface area contributed by atoms with Crippen molar-refractivity contribution < 1.29 is 0 Å². The first-order valence-electron chi connectivity index (χ1n) is 14.6. The Bertz CT molecular complexity index is 2420. The van der Waals surface area contributed by atoms with E-state index in [0.717, 1.165) is 27.9 Å². The molecular weight excluding hydrogens is 557 g/mol. The molecule has 0 N–H and O–H groups in total. The van der Waals surface area contributed by atoms with Crippen molar-refractivity contribution in [1.82, 2.24) is 19.5 Å². The van der Waals surface area contributed by atoms with Crippen LogP contribution in [-0.4, -0.2) is 19.5 Å². The highest BCUT2D eigenvalue weighted by Gasteiger charge is 2.20. The van der Waals surface area contributed by atoms with Gasteiger partial charge in [0.15, 0.2) is 17.5 Å². The Kier molecular flexibility index (Phi) is 5.64. The standard InChI is InChI=1S/C39H24N4S/c1-4-13-26(14-5-1)37-40-38(27-15-6-2-7-16-27)42-39(41-37)28-21-22-31-33(24-28)43(29-17-8-3-9-18-29)34-32-23-20-25-12-10-11-19-30(25)35(32)44-36(31)34/h1-24H. The number of hydrogen-bond acceptors (Lipinski definition) is 4. The first-order chi connectivity index (χ1) is 21.8. The van der Waals surface area contributed by atoms with E-state index >= 15 is 0 Å². The van der Waals surface area contributed by atoms with Crippen LogP contribution in [0.5, 0.6) is 0 Å². The van der Waals surface area contributed by atoms with Gasteiger partial charge < -0.3 is 4.57 Å². The highest BCUT2D eigenvalue weighted by Crippen LogP contribution is 2.45. The number of rotatable bonds is 4. The maximum absolute atomic E-state index is 5.01. The van der Waals surface area contributed by atoms with Crippen molar-refractivity contribution >= 4 is 53.3 Å². The maximum atomic E-state index is 5.01. The summed E-state index contributed by atoms with van der Waals surface area (Å²) in [5.41, 5.74) is 6.37. The third-order valence-corrected chi connectivity index (χ3v) is 9.49. The summed E-state index contributed by atoms with van der Waals surface area (Å²) in [5.74, 6) is 1.97. The average Bonchev–Trinajstić information content (AvgIpc) is 3.64. The van der Waals surface area contributed by atoms with Crippen LogP contribution < -0.4 is 0 Å². The summed E-state index contributed by atoms with van der Waals surface area (Å²) in [6.07, 6.45) is 0. The molecule has 44 heavy (non-hydrogen) atoms. The van der Waals surface area contributed by atoms with Crippen molar-refractivity contribution in [3.05, 3.63) is 146 Å². The van der Waals surface area contributed by atoms with Gasteiger partial charge in [0.25, 0.3) is 0 Å². The van der Waals surface area contributed by atoms with Crippen molar-refractivity contribution in [3.63, 3.8) is 0 Å². The zero-order valence-electron chi connectivity index (χ0n) is 23.6. The minimum absolute atomic E-state index is 0.652. The summed E-state index contributed by atoms with van der Waals surface area (Å²) < 4.78 is 5.01. The average molecular weight is 581 g/mol. The topological polar surface area (TPSA) is 43.6 Å². The number of nitrogens with zero attached hydrogens (tertiary/aromatic N) is 4. The number of benzene rings is 6. The first-order valence-corrected chi connectivity index (χ1v) is 15.4. The van der Waals surface area contributed by atoms with Gasteiger partial charge in [-0.05, 0) is 29.0 Å². The van der Waals surface area contributed by atoms with Crippen LogP contribution in [0.1, 0.15) is 0 Å². The molecule has 0 aliphatic heterocycles. The molecule has 4 nitrogen and oxygen atoms in total. The summed E-state index contributed by atoms with van der Waals surface area (Å²) in [6.45, 7) is 0. The van der Waals surface area contributed by atoms with Gasteiger partial charge in [-0.3, -0.25) is 0 Å². The number of para-hydroxylation sites is 1. The summed E-state index contributed by atoms with van der Waals surface area (Å²) in [6, 6.07) is 50.7. The second kappa shape index (κ2) is 9.97. The minimum atomic E-state index is 0.652. The molecule has 206 valence electrons. The van der Waals surface area contributed by atoms with Crippen molar-refractivity contribution in [1.29, 1.82) is 0 Å². The van der Waals surface area contributed by atoms with Gasteiger partial charge >= 0.3 is 0 Å². The van der Waals surface area contributed by atoms with Crippen LogP contribution in [-0.2, 0) is 0 Å². The number of thiophene rings is 1. The Morgan fingerprint density at radius 1 is 0.432 bits per heavy atom. The zero-order chi connectivity index (χ0) is 29.0. The molecule has 0 fully saturated rings. The molecule has 0 atom stereocenters. The molecule has 0 spiro atoms. The third kappa shape index (κ3) is 3.94. The molecule has 9 aromatic rings. The molecule has 3 heterocycles. The molecule has 9 rings (SSSR count). The Morgan fingerprint density at radius 3 is 1.68 bits per heavy atom. The molecule has 6 aromatic carbocycles. The summed E-state index contributed by atoms with van der Waals surface area (Å²) in [5, 5.41) is 5.05. The number of hydrogen-bond donors (Lipinski definition) is 0. The lowest BCUT2D eigenvalue weighted by Gasteiger charge is -2.11. The normalized spacial score (nSPS) is 11.6. The van der Waals surface area contributed by atoms with Gasteiger partial charge in [-0.2, -0.15) is 0 Å². The van der Waals surface area contributed by atoms with E-state index in [0.29, 0.717) is 17.5 Å². The highest BCUT2D eigenvalue weighted by atomic mass is 32.1. The maximum Gasteiger partial charge on any atom is 0.164 e. The van der Waals surface area contributed by atoms with Gasteiger partial charge in [0.1, 0.15) is 0 Å². The van der Waals surface area contributed by atoms with Crippen LogP contribution in [0.15, 0.2) is 146 Å². The van der Waals surface area contributed by atoms with Crippen molar-refractivity contribution in [2.45, 2.75) is 0 Å². The summed E-state index contributed by atoms with van der Waals surface area (Å²) >= 11 is 1.88. The summed E-state index contributed by atoms with van der Waals surface area (Å²) in [4.78, 5) is 14.9. The van der Waals surface area contributed by atoms with Crippen molar-refractivity contribution in [2.75, 3.05) is 0 Å². The fraction of sp³-hybridized carbons (Fsp3) is 0. The van der Waals surface area contributed by atoms with Crippen LogP contribution in [0.3, 0.4) is 0 Å². The fourth-order valence-electron chi connectivity index (χ4n) is 6.17. The highest BCUT2D eigenvalue weighted by molar-refractivity contribution is 7.27. The van der Waals surface area contributed by atoms with E-state index in [9.17, 15) is 0 Å². The van der Waals surface area contributed by atoms with Gasteiger partial charge in [0.2, 0.25) is 0 Å². The molecule has 0 saturated heterocycles. The van der Waals surface area contributed by atoms with E-state index in [-0.39, 0.29) is 0 Å². The van der Waals surface area contributed by atoms with E-state index in [1.807, 2.05) is 72.0 Å². The van der Waals surface area contributed by atoms with Crippen LogP contribution >= 0.6 is 11.3 Å². The zero-order valence-corrected chi connectivity index (χ0v) is 24.4. The predicted octanol–water partition coefficient (Wildman–Crippen LogP) is 10.3. The van der Waals surface area contributed by atoms with Gasteiger partial charge in [-0.1, -0.05) is 127 Å². The van der Waals surface area contributed by atoms with Crippen LogP contribution in [0, 0.1) is 0 Å². The second-order valence-electron chi connectivity index (χ2n) is 10.9. The van der Waals surface area contributed by atoms with Crippen LogP contribution in [0.2, 0.25) is 0 Å². The second-order valence-corrected chi connectivity index (χ2v) is 11.9. The molecule has 0 saturated carbocycles. The predicted molar refractivity (Wildman–Crippen MR) is 183 cm³/mol. The van der Waals surface area contributed by atoms with Gasteiger partial charge in [-0.25, -0.2) is 15.0 Å². The van der Waals surface area contributed by atoms with Crippen LogP contribution in [0.4, 0.5) is 0 Å². The Morgan fingerprint density at radius 2 is 1.00 bits per heavy atom. The lowest BCUT2D eigenvalue weighted by atomic mass is 10.1. The lowest BCUT2D eigenvalue weighted by Crippen LogP contribution is -2.00.